The van der Waals surface area contributed by atoms with E-state index in [-0.39, 0.29) is 31.1 Å². The molecule has 6 heteroatoms. The van der Waals surface area contributed by atoms with E-state index in [0.717, 1.165) is 141 Å². The number of allylic oxidation sites excluding steroid dienone is 20. The Kier molecular flexibility index (Phi) is 66.7. The Hall–Kier alpha value is -4.19. The van der Waals surface area contributed by atoms with Crippen LogP contribution in [0.5, 0.6) is 0 Å². The van der Waals surface area contributed by atoms with E-state index >= 15 is 0 Å². The highest BCUT2D eigenvalue weighted by molar-refractivity contribution is 5.71. The maximum absolute atomic E-state index is 12.9. The second-order valence-corrected chi connectivity index (χ2v) is 23.1. The van der Waals surface area contributed by atoms with Crippen LogP contribution in [0.4, 0.5) is 0 Å². The van der Waals surface area contributed by atoms with Gasteiger partial charge in [0.1, 0.15) is 13.2 Å². The average Bonchev–Trinajstić information content (AvgIpc) is 3.49. The van der Waals surface area contributed by atoms with Crippen LogP contribution in [0.2, 0.25) is 0 Å². The van der Waals surface area contributed by atoms with Crippen molar-refractivity contribution in [1.82, 2.24) is 0 Å². The number of hydrogen-bond acceptors (Lipinski definition) is 6. The lowest BCUT2D eigenvalue weighted by molar-refractivity contribution is -0.167. The third-order valence-corrected chi connectivity index (χ3v) is 15.0. The minimum Gasteiger partial charge on any atom is -0.462 e. The molecule has 0 aliphatic rings. The average molecular weight is 1150 g/mol. The van der Waals surface area contributed by atoms with Crippen molar-refractivity contribution < 1.29 is 28.6 Å². The highest BCUT2D eigenvalue weighted by Crippen LogP contribution is 2.17. The summed E-state index contributed by atoms with van der Waals surface area (Å²) in [5.41, 5.74) is 0. The Morgan fingerprint density at radius 2 is 0.470 bits per heavy atom. The van der Waals surface area contributed by atoms with Crippen LogP contribution < -0.4 is 0 Å². The predicted molar refractivity (Wildman–Crippen MR) is 362 cm³/mol. The molecular formula is C77H130O6. The molecule has 0 N–H and O–H groups in total. The van der Waals surface area contributed by atoms with E-state index in [1.54, 1.807) is 0 Å². The van der Waals surface area contributed by atoms with Crippen molar-refractivity contribution in [1.29, 1.82) is 0 Å². The smallest absolute Gasteiger partial charge is 0.306 e. The maximum atomic E-state index is 12.9. The van der Waals surface area contributed by atoms with E-state index in [9.17, 15) is 14.4 Å². The summed E-state index contributed by atoms with van der Waals surface area (Å²) in [5, 5.41) is 0. The summed E-state index contributed by atoms with van der Waals surface area (Å²) in [6.07, 6.45) is 97.8. The Labute approximate surface area is 513 Å². The first-order valence-electron chi connectivity index (χ1n) is 35.0. The monoisotopic (exact) mass is 1150 g/mol. The van der Waals surface area contributed by atoms with Gasteiger partial charge >= 0.3 is 17.9 Å². The number of esters is 3. The highest BCUT2D eigenvalue weighted by atomic mass is 16.6. The number of unbranched alkanes of at least 4 members (excludes halogenated alkanes) is 32. The van der Waals surface area contributed by atoms with Gasteiger partial charge < -0.3 is 14.2 Å². The van der Waals surface area contributed by atoms with Crippen molar-refractivity contribution in [2.75, 3.05) is 13.2 Å². The second-order valence-electron chi connectivity index (χ2n) is 23.1. The van der Waals surface area contributed by atoms with Crippen LogP contribution >= 0.6 is 0 Å². The number of carbonyl (C=O) groups excluding carboxylic acids is 3. The first kappa shape index (κ1) is 78.8. The second kappa shape index (κ2) is 70.3. The zero-order valence-electron chi connectivity index (χ0n) is 54.4. The zero-order chi connectivity index (χ0) is 59.9. The Morgan fingerprint density at radius 3 is 0.747 bits per heavy atom. The van der Waals surface area contributed by atoms with Gasteiger partial charge in [0.2, 0.25) is 0 Å². The van der Waals surface area contributed by atoms with Gasteiger partial charge in [-0.3, -0.25) is 14.4 Å². The molecule has 0 amide bonds. The van der Waals surface area contributed by atoms with E-state index in [4.69, 9.17) is 14.2 Å². The molecule has 83 heavy (non-hydrogen) atoms. The van der Waals surface area contributed by atoms with Crippen molar-refractivity contribution in [3.63, 3.8) is 0 Å². The Morgan fingerprint density at radius 1 is 0.253 bits per heavy atom. The predicted octanol–water partition coefficient (Wildman–Crippen LogP) is 24.3. The summed E-state index contributed by atoms with van der Waals surface area (Å²) < 4.78 is 17.0. The molecule has 0 aliphatic heterocycles. The minimum atomic E-state index is -0.791. The topological polar surface area (TPSA) is 78.9 Å². The van der Waals surface area contributed by atoms with Crippen LogP contribution in [0.15, 0.2) is 122 Å². The summed E-state index contributed by atoms with van der Waals surface area (Å²) in [6.45, 7) is 6.52. The van der Waals surface area contributed by atoms with Crippen LogP contribution in [0.1, 0.15) is 329 Å². The van der Waals surface area contributed by atoms with Crippen molar-refractivity contribution in [3.8, 4) is 0 Å². The Bertz CT molecular complexity index is 1700. The lowest BCUT2D eigenvalue weighted by Gasteiger charge is -2.18. The molecule has 0 aromatic carbocycles. The molecule has 474 valence electrons. The molecule has 0 aromatic heterocycles. The summed E-state index contributed by atoms with van der Waals surface area (Å²) in [6, 6.07) is 0. The van der Waals surface area contributed by atoms with Crippen LogP contribution in [0.25, 0.3) is 0 Å². The van der Waals surface area contributed by atoms with E-state index < -0.39 is 6.10 Å². The fourth-order valence-corrected chi connectivity index (χ4v) is 9.73. The molecule has 1 unspecified atom stereocenters. The Balaban J connectivity index is 4.31. The van der Waals surface area contributed by atoms with E-state index in [2.05, 4.69) is 142 Å². The summed E-state index contributed by atoms with van der Waals surface area (Å²) >= 11 is 0. The van der Waals surface area contributed by atoms with Gasteiger partial charge in [0.25, 0.3) is 0 Å². The van der Waals surface area contributed by atoms with Gasteiger partial charge in [-0.2, -0.15) is 0 Å². The standard InChI is InChI=1S/C77H130O6/c1-4-7-10-13-16-19-22-25-28-31-32-33-34-35-36-37-38-39-40-41-42-43-44-45-46-47-50-52-55-58-61-64-67-70-76(79)82-73-74(83-77(80)71-68-65-62-59-56-53-49-30-27-24-21-18-15-12-9-6-3)72-81-75(78)69-66-63-60-57-54-51-48-29-26-23-20-17-14-11-8-5-2/h7,10,16,19,21,24-25,28,30,32-33,35-36,38-39,41-42,44-45,49,74H,4-6,8-9,11-15,17-18,20,22-23,26-27,29,31,34,37,40,43,46-48,50-73H2,1-3H3/b10-7-,19-16-,24-21-,28-25-,33-32-,36-35-,39-38-,42-41-,45-44-,49-30-. The molecule has 0 bridgehead atoms. The van der Waals surface area contributed by atoms with Gasteiger partial charge in [-0.05, 0) is 116 Å². The SMILES string of the molecule is CC/C=C\C/C=C\C/C=C\C/C=C\C/C=C\C/C=C\C/C=C\C/C=C\CCCCCCCCCCC(=O)OCC(COC(=O)CCCCCCCCCCCCCCCCCC)OC(=O)CCCCCCC/C=C\C/C=C\CCCCCC. The number of hydrogen-bond donors (Lipinski definition) is 0. The van der Waals surface area contributed by atoms with E-state index in [1.807, 2.05) is 0 Å². The molecule has 0 aliphatic carbocycles. The lowest BCUT2D eigenvalue weighted by atomic mass is 10.0. The fourth-order valence-electron chi connectivity index (χ4n) is 9.73. The fraction of sp³-hybridized carbons (Fsp3) is 0.701. The first-order valence-corrected chi connectivity index (χ1v) is 35.0. The molecule has 0 saturated heterocycles. The zero-order valence-corrected chi connectivity index (χ0v) is 54.4. The molecule has 0 aromatic rings. The third kappa shape index (κ3) is 68.5. The largest absolute Gasteiger partial charge is 0.462 e. The number of rotatable bonds is 63. The van der Waals surface area contributed by atoms with Gasteiger partial charge in [0, 0.05) is 19.3 Å². The maximum Gasteiger partial charge on any atom is 0.306 e. The summed E-state index contributed by atoms with van der Waals surface area (Å²) in [5.74, 6) is -0.895. The lowest BCUT2D eigenvalue weighted by Crippen LogP contribution is -2.30. The third-order valence-electron chi connectivity index (χ3n) is 15.0. The van der Waals surface area contributed by atoms with Gasteiger partial charge in [0.15, 0.2) is 6.10 Å². The molecule has 0 heterocycles. The van der Waals surface area contributed by atoms with Gasteiger partial charge in [-0.15, -0.1) is 0 Å². The first-order chi connectivity index (χ1) is 41.0. The minimum absolute atomic E-state index is 0.0844. The molecule has 6 nitrogen and oxygen atoms in total. The van der Waals surface area contributed by atoms with Gasteiger partial charge in [-0.25, -0.2) is 0 Å². The molecule has 0 radical (unpaired) electrons. The van der Waals surface area contributed by atoms with Crippen LogP contribution in [0.3, 0.4) is 0 Å². The van der Waals surface area contributed by atoms with Crippen molar-refractivity contribution in [2.45, 2.75) is 335 Å². The van der Waals surface area contributed by atoms with Crippen LogP contribution in [-0.2, 0) is 28.6 Å². The molecule has 1 atom stereocenters. The summed E-state index contributed by atoms with van der Waals surface area (Å²) in [7, 11) is 0. The molecule has 0 spiro atoms. The number of carbonyl (C=O) groups is 3. The van der Waals surface area contributed by atoms with E-state index in [1.165, 1.54) is 148 Å². The van der Waals surface area contributed by atoms with Gasteiger partial charge in [0.05, 0.1) is 0 Å². The quantitative estimate of drug-likeness (QED) is 0.0261. The van der Waals surface area contributed by atoms with Crippen molar-refractivity contribution in [3.05, 3.63) is 122 Å². The van der Waals surface area contributed by atoms with E-state index in [0.29, 0.717) is 19.3 Å². The molecule has 0 saturated carbocycles. The van der Waals surface area contributed by atoms with Crippen LogP contribution in [0, 0.1) is 0 Å². The summed E-state index contributed by atoms with van der Waals surface area (Å²) in [4.78, 5) is 38.4. The highest BCUT2D eigenvalue weighted by Gasteiger charge is 2.19. The van der Waals surface area contributed by atoms with Crippen molar-refractivity contribution in [2.24, 2.45) is 0 Å². The molecule has 0 fully saturated rings. The number of ether oxygens (including phenoxy) is 3. The molecule has 0 rings (SSSR count). The molecular weight excluding hydrogens is 1020 g/mol. The van der Waals surface area contributed by atoms with Gasteiger partial charge in [-0.1, -0.05) is 316 Å². The van der Waals surface area contributed by atoms with Crippen molar-refractivity contribution >= 4 is 17.9 Å². The van der Waals surface area contributed by atoms with Crippen LogP contribution in [-0.4, -0.2) is 37.2 Å². The normalized spacial score (nSPS) is 12.9.